The average Bonchev–Trinajstić information content (AvgIpc) is 1.93. The van der Waals surface area contributed by atoms with E-state index in [1.165, 1.54) is 0 Å². The summed E-state index contributed by atoms with van der Waals surface area (Å²) in [5.41, 5.74) is 0. The lowest BCUT2D eigenvalue weighted by molar-refractivity contribution is -0.127. The first kappa shape index (κ1) is 10.7. The number of hydrogen-bond donors (Lipinski definition) is 1. The summed E-state index contributed by atoms with van der Waals surface area (Å²) in [5.74, 6) is 0.477. The van der Waals surface area contributed by atoms with Crippen LogP contribution in [-0.2, 0) is 14.8 Å². The van der Waals surface area contributed by atoms with E-state index < -0.39 is 15.3 Å². The maximum atomic E-state index is 11.0. The minimum absolute atomic E-state index is 0.231. The van der Waals surface area contributed by atoms with Crippen molar-refractivity contribution in [1.29, 1.82) is 0 Å². The van der Waals surface area contributed by atoms with E-state index in [0.717, 1.165) is 0 Å². The zero-order chi connectivity index (χ0) is 10.1. The highest BCUT2D eigenvalue weighted by molar-refractivity contribution is 7.89. The number of carbonyl (C=O) groups excluding carboxylic acids is 1. The molecule has 0 heterocycles. The van der Waals surface area contributed by atoms with Crippen molar-refractivity contribution in [3.8, 4) is 0 Å². The number of nitrogens with two attached hydrogens (primary N) is 1. The molecule has 5 heteroatoms. The van der Waals surface area contributed by atoms with E-state index in [1.54, 1.807) is 6.92 Å². The maximum Gasteiger partial charge on any atom is 0.211 e. The molecule has 1 saturated carbocycles. The first-order valence-corrected chi connectivity index (χ1v) is 6.07. The van der Waals surface area contributed by atoms with E-state index >= 15 is 0 Å². The van der Waals surface area contributed by atoms with E-state index in [4.69, 9.17) is 5.14 Å². The fraction of sp³-hybridized carbons (Fsp3) is 0.875. The van der Waals surface area contributed by atoms with Gasteiger partial charge in [-0.05, 0) is 18.8 Å². The second-order valence-electron chi connectivity index (χ2n) is 3.67. The van der Waals surface area contributed by atoms with Gasteiger partial charge in [-0.2, -0.15) is 0 Å². The molecule has 1 atom stereocenters. The van der Waals surface area contributed by atoms with Gasteiger partial charge in [0, 0.05) is 12.8 Å². The Morgan fingerprint density at radius 3 is 2.38 bits per heavy atom. The van der Waals surface area contributed by atoms with Gasteiger partial charge in [-0.1, -0.05) is 6.92 Å². The van der Waals surface area contributed by atoms with Crippen LogP contribution in [-0.4, -0.2) is 19.5 Å². The number of carbonyl (C=O) groups is 1. The molecule has 0 radical (unpaired) electrons. The number of hydrogen-bond acceptors (Lipinski definition) is 3. The SMILES string of the molecule is CCC(CC1CC(=O)C1)S(N)(=O)=O. The fourth-order valence-corrected chi connectivity index (χ4v) is 2.66. The van der Waals surface area contributed by atoms with Gasteiger partial charge in [0.1, 0.15) is 5.78 Å². The Labute approximate surface area is 78.6 Å². The van der Waals surface area contributed by atoms with E-state index in [0.29, 0.717) is 25.7 Å². The van der Waals surface area contributed by atoms with Gasteiger partial charge in [-0.25, -0.2) is 13.6 Å². The lowest BCUT2D eigenvalue weighted by Crippen LogP contribution is -2.34. The van der Waals surface area contributed by atoms with Gasteiger partial charge in [0.05, 0.1) is 5.25 Å². The van der Waals surface area contributed by atoms with Crippen LogP contribution in [0.1, 0.15) is 32.6 Å². The molecule has 1 rings (SSSR count). The minimum atomic E-state index is -3.42. The Kier molecular flexibility index (Phi) is 3.08. The van der Waals surface area contributed by atoms with Crippen molar-refractivity contribution >= 4 is 15.8 Å². The summed E-state index contributed by atoms with van der Waals surface area (Å²) in [6.07, 6.45) is 2.14. The minimum Gasteiger partial charge on any atom is -0.300 e. The molecule has 76 valence electrons. The van der Waals surface area contributed by atoms with Crippen LogP contribution in [0.15, 0.2) is 0 Å². The van der Waals surface area contributed by atoms with Crippen molar-refractivity contribution in [2.24, 2.45) is 11.1 Å². The largest absolute Gasteiger partial charge is 0.300 e. The molecule has 1 aliphatic carbocycles. The molecular formula is C8H15NO3S. The van der Waals surface area contributed by atoms with Gasteiger partial charge in [0.2, 0.25) is 10.0 Å². The Bertz CT molecular complexity index is 289. The van der Waals surface area contributed by atoms with Crippen molar-refractivity contribution in [1.82, 2.24) is 0 Å². The third-order valence-electron chi connectivity index (χ3n) is 2.55. The molecular weight excluding hydrogens is 190 g/mol. The van der Waals surface area contributed by atoms with E-state index in [1.807, 2.05) is 0 Å². The topological polar surface area (TPSA) is 77.2 Å². The summed E-state index contributed by atoms with van der Waals surface area (Å²) in [4.78, 5) is 10.6. The smallest absolute Gasteiger partial charge is 0.211 e. The van der Waals surface area contributed by atoms with Gasteiger partial charge in [0.15, 0.2) is 0 Å². The third kappa shape index (κ3) is 2.77. The Balaban J connectivity index is 2.46. The number of primary sulfonamides is 1. The Morgan fingerprint density at radius 1 is 1.54 bits per heavy atom. The first-order valence-electron chi connectivity index (χ1n) is 4.46. The summed E-state index contributed by atoms with van der Waals surface area (Å²) < 4.78 is 22.0. The van der Waals surface area contributed by atoms with Crippen LogP contribution in [0.5, 0.6) is 0 Å². The molecule has 0 aromatic rings. The monoisotopic (exact) mass is 205 g/mol. The second kappa shape index (κ2) is 3.75. The van der Waals surface area contributed by atoms with Crippen LogP contribution in [0.3, 0.4) is 0 Å². The van der Waals surface area contributed by atoms with Gasteiger partial charge in [-0.3, -0.25) is 4.79 Å². The highest BCUT2D eigenvalue weighted by atomic mass is 32.2. The van der Waals surface area contributed by atoms with E-state index in [2.05, 4.69) is 0 Å². The van der Waals surface area contributed by atoms with E-state index in [9.17, 15) is 13.2 Å². The molecule has 1 fully saturated rings. The normalized spacial score (nSPS) is 21.2. The lowest BCUT2D eigenvalue weighted by atomic mass is 9.80. The standard InChI is InChI=1S/C8H15NO3S/c1-2-8(13(9,11)12)5-6-3-7(10)4-6/h6,8H,2-5H2,1H3,(H2,9,11,12). The molecule has 1 unspecified atom stereocenters. The number of Topliss-reactive ketones (excluding diaryl/α,β-unsaturated/α-hetero) is 1. The summed E-state index contributed by atoms with van der Waals surface area (Å²) in [7, 11) is -3.42. The second-order valence-corrected chi connectivity index (χ2v) is 5.51. The van der Waals surface area contributed by atoms with Gasteiger partial charge in [-0.15, -0.1) is 0 Å². The number of rotatable bonds is 4. The average molecular weight is 205 g/mol. The molecule has 0 aliphatic heterocycles. The molecule has 0 saturated heterocycles. The van der Waals surface area contributed by atoms with Crippen molar-refractivity contribution < 1.29 is 13.2 Å². The maximum absolute atomic E-state index is 11.0. The summed E-state index contributed by atoms with van der Waals surface area (Å²) in [5, 5.41) is 4.57. The van der Waals surface area contributed by atoms with Gasteiger partial charge >= 0.3 is 0 Å². The molecule has 0 aromatic carbocycles. The quantitative estimate of drug-likeness (QED) is 0.722. The predicted octanol–water partition coefficient (Wildman–Crippen LogP) is 0.423. The molecule has 0 bridgehead atoms. The summed E-state index contributed by atoms with van der Waals surface area (Å²) in [6.45, 7) is 1.80. The summed E-state index contributed by atoms with van der Waals surface area (Å²) in [6, 6.07) is 0. The zero-order valence-corrected chi connectivity index (χ0v) is 8.51. The van der Waals surface area contributed by atoms with Crippen molar-refractivity contribution in [3.05, 3.63) is 0 Å². The summed E-state index contributed by atoms with van der Waals surface area (Å²) >= 11 is 0. The molecule has 0 aromatic heterocycles. The predicted molar refractivity (Wildman–Crippen MR) is 49.5 cm³/mol. The van der Waals surface area contributed by atoms with Crippen LogP contribution in [0.25, 0.3) is 0 Å². The highest BCUT2D eigenvalue weighted by Crippen LogP contribution is 2.29. The number of sulfonamides is 1. The highest BCUT2D eigenvalue weighted by Gasteiger charge is 2.31. The van der Waals surface area contributed by atoms with Crippen LogP contribution in [0.4, 0.5) is 0 Å². The van der Waals surface area contributed by atoms with Gasteiger partial charge in [0.25, 0.3) is 0 Å². The molecule has 13 heavy (non-hydrogen) atoms. The van der Waals surface area contributed by atoms with Gasteiger partial charge < -0.3 is 0 Å². The third-order valence-corrected chi connectivity index (χ3v) is 4.00. The molecule has 0 spiro atoms. The lowest BCUT2D eigenvalue weighted by Gasteiger charge is -2.26. The molecule has 1 aliphatic rings. The molecule has 0 amide bonds. The first-order chi connectivity index (χ1) is 5.93. The van der Waals surface area contributed by atoms with Crippen LogP contribution in [0, 0.1) is 5.92 Å². The van der Waals surface area contributed by atoms with E-state index in [-0.39, 0.29) is 11.7 Å². The fourth-order valence-electron chi connectivity index (χ4n) is 1.66. The van der Waals surface area contributed by atoms with Crippen molar-refractivity contribution in [2.45, 2.75) is 37.9 Å². The Hall–Kier alpha value is -0.420. The van der Waals surface area contributed by atoms with Crippen LogP contribution >= 0.6 is 0 Å². The molecule has 4 nitrogen and oxygen atoms in total. The number of ketones is 1. The van der Waals surface area contributed by atoms with Crippen molar-refractivity contribution in [3.63, 3.8) is 0 Å². The zero-order valence-electron chi connectivity index (χ0n) is 7.69. The van der Waals surface area contributed by atoms with Crippen molar-refractivity contribution in [2.75, 3.05) is 0 Å². The Morgan fingerprint density at radius 2 is 2.08 bits per heavy atom. The van der Waals surface area contributed by atoms with Crippen LogP contribution < -0.4 is 5.14 Å². The van der Waals surface area contributed by atoms with Crippen LogP contribution in [0.2, 0.25) is 0 Å². The molecule has 2 N–H and O–H groups in total.